The molecule has 1 heterocycles. The van der Waals surface area contributed by atoms with E-state index in [0.717, 1.165) is 5.56 Å². The van der Waals surface area contributed by atoms with Crippen molar-refractivity contribution in [1.29, 1.82) is 5.26 Å². The van der Waals surface area contributed by atoms with Gasteiger partial charge in [0.15, 0.2) is 5.78 Å². The molecule has 2 aromatic rings. The third-order valence-corrected chi connectivity index (χ3v) is 3.02. The van der Waals surface area contributed by atoms with Gasteiger partial charge >= 0.3 is 0 Å². The van der Waals surface area contributed by atoms with Crippen molar-refractivity contribution in [2.24, 2.45) is 0 Å². The van der Waals surface area contributed by atoms with E-state index in [1.54, 1.807) is 30.5 Å². The molecule has 0 radical (unpaired) electrons. The molecule has 1 N–H and O–H groups in total. The van der Waals surface area contributed by atoms with Crippen LogP contribution < -0.4 is 5.32 Å². The van der Waals surface area contributed by atoms with Crippen molar-refractivity contribution in [3.05, 3.63) is 58.4 Å². The second-order valence-corrected chi connectivity index (χ2v) is 4.66. The molecule has 4 nitrogen and oxygen atoms in total. The van der Waals surface area contributed by atoms with Crippen LogP contribution in [0.2, 0.25) is 5.15 Å². The molecule has 1 aromatic heterocycles. The summed E-state index contributed by atoms with van der Waals surface area (Å²) in [6.45, 7) is 2.00. The molecule has 0 unspecified atom stereocenters. The molecule has 0 aliphatic carbocycles. The zero-order valence-corrected chi connectivity index (χ0v) is 11.6. The van der Waals surface area contributed by atoms with Crippen molar-refractivity contribution in [2.75, 3.05) is 5.32 Å². The Kier molecular flexibility index (Phi) is 4.34. The number of pyridine rings is 1. The number of anilines is 1. The molecule has 100 valence electrons. The van der Waals surface area contributed by atoms with Crippen molar-refractivity contribution in [2.45, 2.75) is 13.5 Å². The average molecular weight is 286 g/mol. The number of nitrogens with one attached hydrogen (secondary N) is 1. The van der Waals surface area contributed by atoms with Gasteiger partial charge in [0.2, 0.25) is 0 Å². The van der Waals surface area contributed by atoms with E-state index in [0.29, 0.717) is 28.5 Å². The Labute approximate surface area is 122 Å². The first-order valence-corrected chi connectivity index (χ1v) is 6.37. The van der Waals surface area contributed by atoms with Crippen LogP contribution in [0.4, 0.5) is 5.69 Å². The minimum absolute atomic E-state index is 0.0498. The first kappa shape index (κ1) is 14.0. The highest BCUT2D eigenvalue weighted by molar-refractivity contribution is 6.29. The number of benzene rings is 1. The lowest BCUT2D eigenvalue weighted by molar-refractivity contribution is 0.101. The SMILES string of the molecule is CC(=O)c1ccc(C#N)cc1NCc1ccc(Cl)nc1. The number of halogens is 1. The lowest BCUT2D eigenvalue weighted by Crippen LogP contribution is -2.05. The molecule has 0 amide bonds. The van der Waals surface area contributed by atoms with Gasteiger partial charge < -0.3 is 5.32 Å². The van der Waals surface area contributed by atoms with Crippen molar-refractivity contribution in [3.63, 3.8) is 0 Å². The number of hydrogen-bond donors (Lipinski definition) is 1. The van der Waals surface area contributed by atoms with Gasteiger partial charge in [-0.25, -0.2) is 4.98 Å². The quantitative estimate of drug-likeness (QED) is 0.690. The first-order valence-electron chi connectivity index (χ1n) is 5.99. The number of nitrogens with zero attached hydrogens (tertiary/aromatic N) is 2. The summed E-state index contributed by atoms with van der Waals surface area (Å²) < 4.78 is 0. The number of rotatable bonds is 4. The molecule has 0 aliphatic rings. The monoisotopic (exact) mass is 285 g/mol. The molecule has 0 saturated carbocycles. The topological polar surface area (TPSA) is 65.8 Å². The Morgan fingerprint density at radius 2 is 2.20 bits per heavy atom. The smallest absolute Gasteiger partial charge is 0.161 e. The summed E-state index contributed by atoms with van der Waals surface area (Å²) in [5, 5.41) is 12.5. The lowest BCUT2D eigenvalue weighted by atomic mass is 10.1. The van der Waals surface area contributed by atoms with Crippen LogP contribution in [-0.2, 0) is 6.54 Å². The minimum atomic E-state index is -0.0498. The second kappa shape index (κ2) is 6.18. The normalized spacial score (nSPS) is 9.85. The van der Waals surface area contributed by atoms with E-state index in [-0.39, 0.29) is 5.78 Å². The van der Waals surface area contributed by atoms with Gasteiger partial charge in [-0.05, 0) is 36.8 Å². The van der Waals surface area contributed by atoms with Crippen LogP contribution in [0.5, 0.6) is 0 Å². The van der Waals surface area contributed by atoms with Crippen LogP contribution in [0.3, 0.4) is 0 Å². The number of nitriles is 1. The van der Waals surface area contributed by atoms with E-state index in [4.69, 9.17) is 16.9 Å². The Hall–Kier alpha value is -2.38. The van der Waals surface area contributed by atoms with Crippen LogP contribution >= 0.6 is 11.6 Å². The van der Waals surface area contributed by atoms with Crippen LogP contribution in [0.25, 0.3) is 0 Å². The number of ketones is 1. The summed E-state index contributed by atoms with van der Waals surface area (Å²) in [7, 11) is 0. The highest BCUT2D eigenvalue weighted by Gasteiger charge is 2.08. The molecule has 1 aromatic carbocycles. The third kappa shape index (κ3) is 3.34. The lowest BCUT2D eigenvalue weighted by Gasteiger charge is -2.10. The van der Waals surface area contributed by atoms with Crippen LogP contribution in [-0.4, -0.2) is 10.8 Å². The fourth-order valence-electron chi connectivity index (χ4n) is 1.78. The van der Waals surface area contributed by atoms with E-state index >= 15 is 0 Å². The minimum Gasteiger partial charge on any atom is -0.380 e. The molecular formula is C15H12ClN3O. The molecular weight excluding hydrogens is 274 g/mol. The van der Waals surface area contributed by atoms with E-state index in [1.807, 2.05) is 6.07 Å². The van der Waals surface area contributed by atoms with Crippen LogP contribution in [0.15, 0.2) is 36.5 Å². The molecule has 0 fully saturated rings. The highest BCUT2D eigenvalue weighted by Crippen LogP contribution is 2.19. The van der Waals surface area contributed by atoms with Gasteiger partial charge in [0, 0.05) is 24.0 Å². The maximum absolute atomic E-state index is 11.6. The molecule has 20 heavy (non-hydrogen) atoms. The molecule has 5 heteroatoms. The molecule has 0 atom stereocenters. The standard InChI is InChI=1S/C15H12ClN3O/c1-10(20)13-4-2-11(7-17)6-14(13)18-8-12-3-5-15(16)19-9-12/h2-6,9,18H,8H2,1H3. The van der Waals surface area contributed by atoms with Crippen LogP contribution in [0, 0.1) is 11.3 Å². The summed E-state index contributed by atoms with van der Waals surface area (Å²) in [6, 6.07) is 10.6. The number of Topliss-reactive ketones (excluding diaryl/α,β-unsaturated/α-hetero) is 1. The van der Waals surface area contributed by atoms with Crippen molar-refractivity contribution >= 4 is 23.1 Å². The summed E-state index contributed by atoms with van der Waals surface area (Å²) in [6.07, 6.45) is 1.66. The summed E-state index contributed by atoms with van der Waals surface area (Å²) in [5.41, 5.74) is 2.65. The first-order chi connectivity index (χ1) is 9.60. The van der Waals surface area contributed by atoms with E-state index in [2.05, 4.69) is 16.4 Å². The Bertz CT molecular complexity index is 675. The van der Waals surface area contributed by atoms with Gasteiger partial charge in [0.1, 0.15) is 5.15 Å². The number of hydrogen-bond acceptors (Lipinski definition) is 4. The summed E-state index contributed by atoms with van der Waals surface area (Å²) >= 11 is 5.72. The number of carbonyl (C=O) groups excluding carboxylic acids is 1. The van der Waals surface area contributed by atoms with E-state index in [1.165, 1.54) is 6.92 Å². The number of carbonyl (C=O) groups is 1. The van der Waals surface area contributed by atoms with E-state index < -0.39 is 0 Å². The van der Waals surface area contributed by atoms with E-state index in [9.17, 15) is 4.79 Å². The number of aromatic nitrogens is 1. The Balaban J connectivity index is 2.21. The summed E-state index contributed by atoms with van der Waals surface area (Å²) in [4.78, 5) is 15.6. The zero-order valence-electron chi connectivity index (χ0n) is 10.9. The predicted molar refractivity (Wildman–Crippen MR) is 77.7 cm³/mol. The molecule has 0 bridgehead atoms. The maximum atomic E-state index is 11.6. The molecule has 0 spiro atoms. The molecule has 0 saturated heterocycles. The predicted octanol–water partition coefficient (Wildman–Crippen LogP) is 3.42. The second-order valence-electron chi connectivity index (χ2n) is 4.27. The van der Waals surface area contributed by atoms with Crippen molar-refractivity contribution in [1.82, 2.24) is 4.98 Å². The van der Waals surface area contributed by atoms with Gasteiger partial charge in [-0.15, -0.1) is 0 Å². The molecule has 2 rings (SSSR count). The average Bonchev–Trinajstić information content (AvgIpc) is 2.46. The summed E-state index contributed by atoms with van der Waals surface area (Å²) in [5.74, 6) is -0.0498. The van der Waals surface area contributed by atoms with Crippen molar-refractivity contribution < 1.29 is 4.79 Å². The van der Waals surface area contributed by atoms with Gasteiger partial charge in [0.05, 0.1) is 11.6 Å². The Morgan fingerprint density at radius 1 is 1.40 bits per heavy atom. The largest absolute Gasteiger partial charge is 0.380 e. The fraction of sp³-hybridized carbons (Fsp3) is 0.133. The highest BCUT2D eigenvalue weighted by atomic mass is 35.5. The zero-order chi connectivity index (χ0) is 14.5. The van der Waals surface area contributed by atoms with Gasteiger partial charge in [-0.2, -0.15) is 5.26 Å². The van der Waals surface area contributed by atoms with Gasteiger partial charge in [-0.1, -0.05) is 17.7 Å². The molecule has 0 aliphatic heterocycles. The van der Waals surface area contributed by atoms with Crippen LogP contribution in [0.1, 0.15) is 28.4 Å². The fourth-order valence-corrected chi connectivity index (χ4v) is 1.89. The van der Waals surface area contributed by atoms with Gasteiger partial charge in [-0.3, -0.25) is 4.79 Å². The van der Waals surface area contributed by atoms with Crippen molar-refractivity contribution in [3.8, 4) is 6.07 Å². The third-order valence-electron chi connectivity index (χ3n) is 2.80. The van der Waals surface area contributed by atoms with Gasteiger partial charge in [0.25, 0.3) is 0 Å². The Morgan fingerprint density at radius 3 is 2.80 bits per heavy atom. The maximum Gasteiger partial charge on any atom is 0.161 e.